The van der Waals surface area contributed by atoms with Crippen molar-refractivity contribution in [1.82, 2.24) is 0 Å². The van der Waals surface area contributed by atoms with E-state index in [0.29, 0.717) is 0 Å². The quantitative estimate of drug-likeness (QED) is 0.555. The van der Waals surface area contributed by atoms with Gasteiger partial charge in [-0.25, -0.2) is 0 Å². The van der Waals surface area contributed by atoms with Crippen LogP contribution in [0, 0.1) is 5.92 Å². The average Bonchev–Trinajstić information content (AvgIpc) is 2.03. The molecule has 0 aromatic rings. The van der Waals surface area contributed by atoms with E-state index in [1.165, 1.54) is 12.0 Å². The van der Waals surface area contributed by atoms with Crippen molar-refractivity contribution in [2.24, 2.45) is 5.92 Å². The molecule has 0 fully saturated rings. The number of rotatable bonds is 6. The Kier molecular flexibility index (Phi) is 6.09. The van der Waals surface area contributed by atoms with Crippen molar-refractivity contribution < 1.29 is 4.74 Å². The van der Waals surface area contributed by atoms with E-state index in [2.05, 4.69) is 27.4 Å². The highest BCUT2D eigenvalue weighted by Crippen LogP contribution is 2.16. The number of methoxy groups -OCH3 is 1. The molecule has 0 saturated heterocycles. The lowest BCUT2D eigenvalue weighted by Crippen LogP contribution is -2.12. The predicted octanol–water partition coefficient (Wildman–Crippen LogP) is 3.40. The first-order valence-electron chi connectivity index (χ1n) is 4.82. The van der Waals surface area contributed by atoms with Crippen LogP contribution in [0.15, 0.2) is 12.2 Å². The molecule has 0 aliphatic rings. The fraction of sp³-hybridized carbons (Fsp3) is 0.818. The molecule has 0 radical (unpaired) electrons. The average molecular weight is 170 g/mol. The maximum Gasteiger partial charge on any atom is 0.0776 e. The number of hydrogen-bond donors (Lipinski definition) is 0. The molecule has 0 aromatic heterocycles. The van der Waals surface area contributed by atoms with Crippen molar-refractivity contribution in [3.63, 3.8) is 0 Å². The Morgan fingerprint density at radius 2 is 2.00 bits per heavy atom. The highest BCUT2D eigenvalue weighted by Gasteiger charge is 2.08. The summed E-state index contributed by atoms with van der Waals surface area (Å²) in [7, 11) is 1.76. The van der Waals surface area contributed by atoms with E-state index in [1.54, 1.807) is 7.11 Å². The van der Waals surface area contributed by atoms with E-state index >= 15 is 0 Å². The van der Waals surface area contributed by atoms with E-state index in [-0.39, 0.29) is 6.10 Å². The molecule has 1 heteroatoms. The third-order valence-electron chi connectivity index (χ3n) is 2.15. The van der Waals surface area contributed by atoms with Gasteiger partial charge >= 0.3 is 0 Å². The molecule has 1 nitrogen and oxygen atoms in total. The Labute approximate surface area is 76.8 Å². The summed E-state index contributed by atoms with van der Waals surface area (Å²) in [6, 6.07) is 0. The molecule has 0 aliphatic carbocycles. The Morgan fingerprint density at radius 3 is 2.33 bits per heavy atom. The molecule has 0 spiro atoms. The SMILES string of the molecule is C=C(CCC(C)C)C(CC)OC. The first kappa shape index (κ1) is 11.7. The monoisotopic (exact) mass is 170 g/mol. The molecule has 0 bridgehead atoms. The Hall–Kier alpha value is -0.300. The molecule has 0 saturated carbocycles. The second kappa shape index (κ2) is 6.24. The molecule has 0 amide bonds. The molecule has 12 heavy (non-hydrogen) atoms. The first-order chi connectivity index (χ1) is 5.61. The van der Waals surface area contributed by atoms with Gasteiger partial charge in [-0.3, -0.25) is 0 Å². The fourth-order valence-corrected chi connectivity index (χ4v) is 1.26. The van der Waals surface area contributed by atoms with Gasteiger partial charge in [0.1, 0.15) is 0 Å². The number of ether oxygens (including phenoxy) is 1. The second-order valence-corrected chi connectivity index (χ2v) is 3.72. The summed E-state index contributed by atoms with van der Waals surface area (Å²) < 4.78 is 5.29. The lowest BCUT2D eigenvalue weighted by atomic mass is 9.99. The molecule has 0 N–H and O–H groups in total. The fourth-order valence-electron chi connectivity index (χ4n) is 1.26. The summed E-state index contributed by atoms with van der Waals surface area (Å²) in [6.45, 7) is 10.7. The van der Waals surface area contributed by atoms with Crippen molar-refractivity contribution >= 4 is 0 Å². The molecule has 72 valence electrons. The van der Waals surface area contributed by atoms with E-state index in [1.807, 2.05) is 0 Å². The maximum absolute atomic E-state index is 5.29. The summed E-state index contributed by atoms with van der Waals surface area (Å²) in [4.78, 5) is 0. The summed E-state index contributed by atoms with van der Waals surface area (Å²) in [5, 5.41) is 0. The van der Waals surface area contributed by atoms with Gasteiger partial charge in [-0.2, -0.15) is 0 Å². The molecular formula is C11H22O. The van der Waals surface area contributed by atoms with E-state index in [9.17, 15) is 0 Å². The van der Waals surface area contributed by atoms with Crippen LogP contribution in [0.3, 0.4) is 0 Å². The van der Waals surface area contributed by atoms with Crippen molar-refractivity contribution in [2.45, 2.75) is 46.1 Å². The molecule has 1 unspecified atom stereocenters. The molecule has 0 aliphatic heterocycles. The van der Waals surface area contributed by atoms with Crippen molar-refractivity contribution in [1.29, 1.82) is 0 Å². The molecule has 0 aromatic carbocycles. The zero-order valence-electron chi connectivity index (χ0n) is 8.89. The largest absolute Gasteiger partial charge is 0.377 e. The van der Waals surface area contributed by atoms with Crippen LogP contribution in [0.4, 0.5) is 0 Å². The normalized spacial score (nSPS) is 13.4. The van der Waals surface area contributed by atoms with Crippen molar-refractivity contribution in [2.75, 3.05) is 7.11 Å². The highest BCUT2D eigenvalue weighted by atomic mass is 16.5. The van der Waals surface area contributed by atoms with Gasteiger partial charge in [0.15, 0.2) is 0 Å². The lowest BCUT2D eigenvalue weighted by Gasteiger charge is -2.16. The van der Waals surface area contributed by atoms with Gasteiger partial charge in [-0.05, 0) is 30.8 Å². The number of hydrogen-bond acceptors (Lipinski definition) is 1. The topological polar surface area (TPSA) is 9.23 Å². The summed E-state index contributed by atoms with van der Waals surface area (Å²) in [5.41, 5.74) is 1.24. The van der Waals surface area contributed by atoms with Crippen LogP contribution < -0.4 is 0 Å². The van der Waals surface area contributed by atoms with Crippen molar-refractivity contribution in [3.8, 4) is 0 Å². The predicted molar refractivity (Wildman–Crippen MR) is 54.3 cm³/mol. The summed E-state index contributed by atoms with van der Waals surface area (Å²) >= 11 is 0. The van der Waals surface area contributed by atoms with Crippen LogP contribution in [0.2, 0.25) is 0 Å². The Morgan fingerprint density at radius 1 is 1.42 bits per heavy atom. The van der Waals surface area contributed by atoms with Crippen LogP contribution in [-0.2, 0) is 4.74 Å². The molecule has 1 atom stereocenters. The molecule has 0 heterocycles. The van der Waals surface area contributed by atoms with E-state index in [0.717, 1.165) is 18.8 Å². The smallest absolute Gasteiger partial charge is 0.0776 e. The van der Waals surface area contributed by atoms with Crippen molar-refractivity contribution in [3.05, 3.63) is 12.2 Å². The van der Waals surface area contributed by atoms with E-state index < -0.39 is 0 Å². The Bertz CT molecular complexity index is 123. The van der Waals surface area contributed by atoms with Gasteiger partial charge in [0.2, 0.25) is 0 Å². The molecular weight excluding hydrogens is 148 g/mol. The summed E-state index contributed by atoms with van der Waals surface area (Å²) in [5.74, 6) is 0.760. The van der Waals surface area contributed by atoms with Crippen LogP contribution in [0.1, 0.15) is 40.0 Å². The van der Waals surface area contributed by atoms with Gasteiger partial charge in [0.25, 0.3) is 0 Å². The summed E-state index contributed by atoms with van der Waals surface area (Å²) in [6.07, 6.45) is 3.62. The lowest BCUT2D eigenvalue weighted by molar-refractivity contribution is 0.125. The van der Waals surface area contributed by atoms with Gasteiger partial charge in [-0.1, -0.05) is 27.4 Å². The minimum absolute atomic E-state index is 0.267. The second-order valence-electron chi connectivity index (χ2n) is 3.72. The van der Waals surface area contributed by atoms with Crippen LogP contribution >= 0.6 is 0 Å². The minimum atomic E-state index is 0.267. The van der Waals surface area contributed by atoms with Crippen LogP contribution in [0.25, 0.3) is 0 Å². The van der Waals surface area contributed by atoms with Crippen LogP contribution in [-0.4, -0.2) is 13.2 Å². The maximum atomic E-state index is 5.29. The zero-order chi connectivity index (χ0) is 9.56. The third-order valence-corrected chi connectivity index (χ3v) is 2.15. The standard InChI is InChI=1S/C11H22O/c1-6-11(12-5)10(4)8-7-9(2)3/h9,11H,4,6-8H2,1-3,5H3. The van der Waals surface area contributed by atoms with Gasteiger partial charge in [-0.15, -0.1) is 0 Å². The van der Waals surface area contributed by atoms with Gasteiger partial charge < -0.3 is 4.74 Å². The van der Waals surface area contributed by atoms with Gasteiger partial charge in [0.05, 0.1) is 6.10 Å². The minimum Gasteiger partial charge on any atom is -0.377 e. The first-order valence-corrected chi connectivity index (χ1v) is 4.82. The highest BCUT2D eigenvalue weighted by molar-refractivity contribution is 5.01. The Balaban J connectivity index is 3.69. The van der Waals surface area contributed by atoms with E-state index in [4.69, 9.17) is 4.74 Å². The third kappa shape index (κ3) is 4.55. The van der Waals surface area contributed by atoms with Crippen LogP contribution in [0.5, 0.6) is 0 Å². The van der Waals surface area contributed by atoms with Gasteiger partial charge in [0, 0.05) is 7.11 Å². The zero-order valence-corrected chi connectivity index (χ0v) is 8.89. The molecule has 0 rings (SSSR count).